The molecule has 0 unspecified atom stereocenters. The van der Waals surface area contributed by atoms with E-state index in [9.17, 15) is 18.0 Å². The molecule has 0 saturated carbocycles. The Morgan fingerprint density at radius 1 is 1.29 bits per heavy atom. The maximum absolute atomic E-state index is 12.7. The molecule has 2 rings (SSSR count). The molecule has 0 bridgehead atoms. The minimum absolute atomic E-state index is 0.00183. The van der Waals surface area contributed by atoms with E-state index in [2.05, 4.69) is 9.72 Å². The highest BCUT2D eigenvalue weighted by Gasteiger charge is 2.30. The Kier molecular flexibility index (Phi) is 4.18. The first kappa shape index (κ1) is 15.3. The Balaban J connectivity index is 2.54. The van der Waals surface area contributed by atoms with Crippen molar-refractivity contribution >= 4 is 17.6 Å². The standard InChI is InChI=1S/C14H9ClF3NO2/c1-21-13(20)9-6-11(12(15)19-7-9)8-3-2-4-10(5-8)14(16,17)18/h2-7H,1H3. The first-order chi connectivity index (χ1) is 9.82. The predicted molar refractivity (Wildman–Crippen MR) is 71.0 cm³/mol. The lowest BCUT2D eigenvalue weighted by Crippen LogP contribution is -2.05. The van der Waals surface area contributed by atoms with Crippen molar-refractivity contribution in [2.75, 3.05) is 7.11 Å². The van der Waals surface area contributed by atoms with Crippen LogP contribution in [0.15, 0.2) is 36.5 Å². The summed E-state index contributed by atoms with van der Waals surface area (Å²) in [6, 6.07) is 5.97. The van der Waals surface area contributed by atoms with Gasteiger partial charge in [-0.3, -0.25) is 0 Å². The van der Waals surface area contributed by atoms with Gasteiger partial charge >= 0.3 is 12.1 Å². The largest absolute Gasteiger partial charge is 0.465 e. The SMILES string of the molecule is COC(=O)c1cnc(Cl)c(-c2cccc(C(F)(F)F)c2)c1. The number of hydrogen-bond donors (Lipinski definition) is 0. The Morgan fingerprint density at radius 2 is 2.00 bits per heavy atom. The molecule has 0 aliphatic heterocycles. The third-order valence-electron chi connectivity index (χ3n) is 2.76. The van der Waals surface area contributed by atoms with Crippen LogP contribution in [0.3, 0.4) is 0 Å². The number of methoxy groups -OCH3 is 1. The Morgan fingerprint density at radius 3 is 2.62 bits per heavy atom. The number of hydrogen-bond acceptors (Lipinski definition) is 3. The molecule has 0 aliphatic carbocycles. The molecular formula is C14H9ClF3NO2. The van der Waals surface area contributed by atoms with Crippen LogP contribution in [0.2, 0.25) is 5.15 Å². The second-order valence-electron chi connectivity index (χ2n) is 4.13. The molecule has 1 aromatic carbocycles. The smallest absolute Gasteiger partial charge is 0.416 e. The molecule has 0 N–H and O–H groups in total. The van der Waals surface area contributed by atoms with E-state index < -0.39 is 17.7 Å². The lowest BCUT2D eigenvalue weighted by Gasteiger charge is -2.10. The molecule has 7 heteroatoms. The highest BCUT2D eigenvalue weighted by molar-refractivity contribution is 6.32. The molecule has 1 aromatic heterocycles. The van der Waals surface area contributed by atoms with Gasteiger partial charge in [0, 0.05) is 11.8 Å². The summed E-state index contributed by atoms with van der Waals surface area (Å²) in [6.07, 6.45) is -3.26. The quantitative estimate of drug-likeness (QED) is 0.615. The fourth-order valence-corrected chi connectivity index (χ4v) is 1.96. The van der Waals surface area contributed by atoms with E-state index in [1.54, 1.807) is 0 Å². The van der Waals surface area contributed by atoms with Crippen molar-refractivity contribution in [1.82, 2.24) is 4.98 Å². The van der Waals surface area contributed by atoms with E-state index >= 15 is 0 Å². The number of benzene rings is 1. The summed E-state index contributed by atoms with van der Waals surface area (Å²) < 4.78 is 42.7. The third kappa shape index (κ3) is 3.33. The lowest BCUT2D eigenvalue weighted by atomic mass is 10.0. The van der Waals surface area contributed by atoms with E-state index in [4.69, 9.17) is 11.6 Å². The van der Waals surface area contributed by atoms with Gasteiger partial charge in [-0.05, 0) is 23.8 Å². The van der Waals surface area contributed by atoms with E-state index in [0.29, 0.717) is 0 Å². The summed E-state index contributed by atoms with van der Waals surface area (Å²) in [5.41, 5.74) is -0.257. The fourth-order valence-electron chi connectivity index (χ4n) is 1.74. The molecule has 0 aliphatic rings. The number of pyridine rings is 1. The van der Waals surface area contributed by atoms with Crippen LogP contribution in [0.5, 0.6) is 0 Å². The van der Waals surface area contributed by atoms with Gasteiger partial charge in [0.15, 0.2) is 0 Å². The van der Waals surface area contributed by atoms with Gasteiger partial charge in [-0.25, -0.2) is 9.78 Å². The first-order valence-corrected chi connectivity index (χ1v) is 6.12. The molecule has 2 aromatic rings. The zero-order valence-electron chi connectivity index (χ0n) is 10.7. The van der Waals surface area contributed by atoms with Crippen molar-refractivity contribution in [3.63, 3.8) is 0 Å². The first-order valence-electron chi connectivity index (χ1n) is 5.74. The van der Waals surface area contributed by atoms with Crippen molar-refractivity contribution in [2.24, 2.45) is 0 Å². The Bertz CT molecular complexity index is 686. The third-order valence-corrected chi connectivity index (χ3v) is 3.06. The topological polar surface area (TPSA) is 39.2 Å². The molecule has 3 nitrogen and oxygen atoms in total. The van der Waals surface area contributed by atoms with Crippen LogP contribution in [-0.2, 0) is 10.9 Å². The monoisotopic (exact) mass is 315 g/mol. The lowest BCUT2D eigenvalue weighted by molar-refractivity contribution is -0.137. The molecule has 0 saturated heterocycles. The molecular weight excluding hydrogens is 307 g/mol. The van der Waals surface area contributed by atoms with Crippen LogP contribution in [0.4, 0.5) is 13.2 Å². The van der Waals surface area contributed by atoms with E-state index in [1.165, 1.54) is 31.5 Å². The predicted octanol–water partition coefficient (Wildman–Crippen LogP) is 4.21. The highest BCUT2D eigenvalue weighted by atomic mass is 35.5. The fraction of sp³-hybridized carbons (Fsp3) is 0.143. The van der Waals surface area contributed by atoms with Crippen LogP contribution in [0, 0.1) is 0 Å². The number of esters is 1. The molecule has 0 fully saturated rings. The number of rotatable bonds is 2. The zero-order valence-corrected chi connectivity index (χ0v) is 11.5. The molecule has 0 spiro atoms. The number of halogens is 4. The number of carbonyl (C=O) groups is 1. The zero-order chi connectivity index (χ0) is 15.6. The highest BCUT2D eigenvalue weighted by Crippen LogP contribution is 2.34. The summed E-state index contributed by atoms with van der Waals surface area (Å²) in [7, 11) is 1.20. The maximum atomic E-state index is 12.7. The molecule has 21 heavy (non-hydrogen) atoms. The van der Waals surface area contributed by atoms with Crippen molar-refractivity contribution in [3.8, 4) is 11.1 Å². The van der Waals surface area contributed by atoms with Crippen molar-refractivity contribution in [1.29, 1.82) is 0 Å². The number of nitrogens with zero attached hydrogens (tertiary/aromatic N) is 1. The van der Waals surface area contributed by atoms with Crippen LogP contribution in [-0.4, -0.2) is 18.1 Å². The Hall–Kier alpha value is -2.08. The van der Waals surface area contributed by atoms with Crippen molar-refractivity contribution < 1.29 is 22.7 Å². The van der Waals surface area contributed by atoms with Crippen LogP contribution >= 0.6 is 11.6 Å². The van der Waals surface area contributed by atoms with E-state index in [-0.39, 0.29) is 21.8 Å². The van der Waals surface area contributed by atoms with Crippen LogP contribution < -0.4 is 0 Å². The second-order valence-corrected chi connectivity index (χ2v) is 4.49. The summed E-state index contributed by atoms with van der Waals surface area (Å²) in [6.45, 7) is 0. The van der Waals surface area contributed by atoms with Gasteiger partial charge in [0.05, 0.1) is 18.2 Å². The molecule has 110 valence electrons. The van der Waals surface area contributed by atoms with Crippen molar-refractivity contribution in [3.05, 3.63) is 52.8 Å². The van der Waals surface area contributed by atoms with Gasteiger partial charge in [0.25, 0.3) is 0 Å². The number of alkyl halides is 3. The van der Waals surface area contributed by atoms with Gasteiger partial charge < -0.3 is 4.74 Å². The maximum Gasteiger partial charge on any atom is 0.416 e. The van der Waals surface area contributed by atoms with Gasteiger partial charge in [-0.2, -0.15) is 13.2 Å². The second kappa shape index (κ2) is 5.73. The molecule has 1 heterocycles. The number of aromatic nitrogens is 1. The summed E-state index contributed by atoms with van der Waals surface area (Å²) in [4.78, 5) is 15.2. The normalized spacial score (nSPS) is 11.3. The Labute approximate surface area is 123 Å². The van der Waals surface area contributed by atoms with E-state index in [1.807, 2.05) is 0 Å². The van der Waals surface area contributed by atoms with Crippen molar-refractivity contribution in [2.45, 2.75) is 6.18 Å². The summed E-state index contributed by atoms with van der Waals surface area (Å²) >= 11 is 5.90. The molecule has 0 radical (unpaired) electrons. The van der Waals surface area contributed by atoms with Gasteiger partial charge in [-0.1, -0.05) is 23.7 Å². The van der Waals surface area contributed by atoms with Gasteiger partial charge in [0.2, 0.25) is 0 Å². The van der Waals surface area contributed by atoms with Crippen LogP contribution in [0.25, 0.3) is 11.1 Å². The summed E-state index contributed by atoms with van der Waals surface area (Å²) in [5, 5.41) is 0.00183. The minimum atomic E-state index is -4.46. The average Bonchev–Trinajstić information content (AvgIpc) is 2.46. The minimum Gasteiger partial charge on any atom is -0.465 e. The molecule has 0 amide bonds. The van der Waals surface area contributed by atoms with Gasteiger partial charge in [0.1, 0.15) is 5.15 Å². The number of ether oxygens (including phenoxy) is 1. The summed E-state index contributed by atoms with van der Waals surface area (Å²) in [5.74, 6) is -0.646. The number of carbonyl (C=O) groups excluding carboxylic acids is 1. The van der Waals surface area contributed by atoms with Gasteiger partial charge in [-0.15, -0.1) is 0 Å². The average molecular weight is 316 g/mol. The van der Waals surface area contributed by atoms with Crippen LogP contribution in [0.1, 0.15) is 15.9 Å². The van der Waals surface area contributed by atoms with E-state index in [0.717, 1.165) is 12.1 Å². The molecule has 0 atom stereocenters.